The Morgan fingerprint density at radius 2 is 1.50 bits per heavy atom. The van der Waals surface area contributed by atoms with Crippen molar-refractivity contribution in [3.05, 3.63) is 72.4 Å². The minimum absolute atomic E-state index is 1.02. The highest BCUT2D eigenvalue weighted by molar-refractivity contribution is 7.15. The van der Waals surface area contributed by atoms with E-state index in [-0.39, 0.29) is 0 Å². The van der Waals surface area contributed by atoms with E-state index in [4.69, 9.17) is 0 Å². The fourth-order valence-electron chi connectivity index (χ4n) is 2.33. The number of benzene rings is 2. The molecule has 0 saturated carbocycles. The fraction of sp³-hybridized carbons (Fsp3) is 0. The second-order valence-electron chi connectivity index (χ2n) is 4.66. The highest BCUT2D eigenvalue weighted by atomic mass is 32.1. The van der Waals surface area contributed by atoms with Gasteiger partial charge in [0.2, 0.25) is 0 Å². The second kappa shape index (κ2) is 4.62. The molecule has 2 aromatic heterocycles. The first-order valence-electron chi connectivity index (χ1n) is 6.48. The predicted molar refractivity (Wildman–Crippen MR) is 83.9 cm³/mol. The molecule has 0 fully saturated rings. The van der Waals surface area contributed by atoms with E-state index in [1.165, 1.54) is 11.1 Å². The van der Waals surface area contributed by atoms with Gasteiger partial charge >= 0.3 is 0 Å². The first-order chi connectivity index (χ1) is 9.90. The Hall–Kier alpha value is -2.39. The lowest BCUT2D eigenvalue weighted by atomic mass is 10.0. The van der Waals surface area contributed by atoms with Gasteiger partial charge in [-0.1, -0.05) is 54.6 Å². The van der Waals surface area contributed by atoms with E-state index < -0.39 is 0 Å². The molecule has 0 spiro atoms. The van der Waals surface area contributed by atoms with Crippen LogP contribution < -0.4 is 0 Å². The molecule has 2 nitrogen and oxygen atoms in total. The van der Waals surface area contributed by atoms with Crippen molar-refractivity contribution in [2.75, 3.05) is 0 Å². The molecule has 0 radical (unpaired) electrons. The van der Waals surface area contributed by atoms with Crippen LogP contribution in [0, 0.1) is 0 Å². The van der Waals surface area contributed by atoms with Crippen LogP contribution in [0.3, 0.4) is 0 Å². The maximum Gasteiger partial charge on any atom is 0.194 e. The molecule has 0 amide bonds. The zero-order valence-corrected chi connectivity index (χ0v) is 11.5. The van der Waals surface area contributed by atoms with Gasteiger partial charge in [-0.3, -0.25) is 4.40 Å². The smallest absolute Gasteiger partial charge is 0.194 e. The van der Waals surface area contributed by atoms with Crippen molar-refractivity contribution in [3.63, 3.8) is 0 Å². The lowest BCUT2D eigenvalue weighted by molar-refractivity contribution is 1.23. The van der Waals surface area contributed by atoms with Gasteiger partial charge in [-0.25, -0.2) is 4.98 Å². The van der Waals surface area contributed by atoms with Crippen LogP contribution in [0.5, 0.6) is 0 Å². The topological polar surface area (TPSA) is 17.3 Å². The molecular weight excluding hydrogens is 264 g/mol. The van der Waals surface area contributed by atoms with Crippen molar-refractivity contribution < 1.29 is 0 Å². The first-order valence-corrected chi connectivity index (χ1v) is 7.36. The van der Waals surface area contributed by atoms with Crippen LogP contribution in [0.1, 0.15) is 0 Å². The van der Waals surface area contributed by atoms with Crippen molar-refractivity contribution >= 4 is 16.3 Å². The number of thiazole rings is 1. The van der Waals surface area contributed by atoms with E-state index in [1.807, 2.05) is 17.6 Å². The zero-order chi connectivity index (χ0) is 13.4. The third-order valence-electron chi connectivity index (χ3n) is 3.38. The Bertz CT molecular complexity index is 813. The van der Waals surface area contributed by atoms with E-state index in [0.717, 1.165) is 16.2 Å². The number of imidazole rings is 1. The minimum atomic E-state index is 1.02. The molecule has 2 heterocycles. The number of nitrogens with zero attached hydrogens (tertiary/aromatic N) is 2. The summed E-state index contributed by atoms with van der Waals surface area (Å²) in [6, 6.07) is 19.0. The Kier molecular flexibility index (Phi) is 2.64. The molecule has 3 heteroatoms. The molecular formula is C17H12N2S. The van der Waals surface area contributed by atoms with Gasteiger partial charge in [-0.2, -0.15) is 0 Å². The third kappa shape index (κ3) is 1.92. The van der Waals surface area contributed by atoms with E-state index >= 15 is 0 Å². The second-order valence-corrected chi connectivity index (χ2v) is 5.54. The Morgan fingerprint density at radius 3 is 2.25 bits per heavy atom. The summed E-state index contributed by atoms with van der Waals surface area (Å²) in [5, 5.41) is 2.05. The van der Waals surface area contributed by atoms with E-state index in [1.54, 1.807) is 11.3 Å². The Balaban J connectivity index is 1.72. The molecule has 0 atom stereocenters. The molecule has 0 N–H and O–H groups in total. The van der Waals surface area contributed by atoms with Crippen LogP contribution >= 0.6 is 11.3 Å². The lowest BCUT2D eigenvalue weighted by Gasteiger charge is -2.02. The van der Waals surface area contributed by atoms with E-state index in [2.05, 4.69) is 64.1 Å². The molecule has 0 aliphatic heterocycles. The van der Waals surface area contributed by atoms with Crippen LogP contribution in [-0.4, -0.2) is 9.38 Å². The van der Waals surface area contributed by atoms with Crippen molar-refractivity contribution in [3.8, 4) is 22.4 Å². The van der Waals surface area contributed by atoms with Crippen LogP contribution in [0.4, 0.5) is 0 Å². The number of rotatable bonds is 2. The van der Waals surface area contributed by atoms with E-state index in [0.29, 0.717) is 0 Å². The van der Waals surface area contributed by atoms with Gasteiger partial charge in [0.25, 0.3) is 0 Å². The Labute approximate surface area is 121 Å². The molecule has 4 aromatic rings. The highest BCUT2D eigenvalue weighted by Crippen LogP contribution is 2.25. The van der Waals surface area contributed by atoms with Gasteiger partial charge in [0.15, 0.2) is 4.96 Å². The maximum absolute atomic E-state index is 4.63. The summed E-state index contributed by atoms with van der Waals surface area (Å²) in [7, 11) is 0. The number of fused-ring (bicyclic) bond motifs is 1. The summed E-state index contributed by atoms with van der Waals surface area (Å²) in [6.45, 7) is 0. The predicted octanol–water partition coefficient (Wildman–Crippen LogP) is 4.73. The maximum atomic E-state index is 4.63. The normalized spacial score (nSPS) is 11.0. The minimum Gasteiger partial charge on any atom is -0.297 e. The van der Waals surface area contributed by atoms with Gasteiger partial charge in [0.05, 0.1) is 5.69 Å². The van der Waals surface area contributed by atoms with Crippen LogP contribution in [0.2, 0.25) is 0 Å². The van der Waals surface area contributed by atoms with Gasteiger partial charge in [-0.15, -0.1) is 11.3 Å². The third-order valence-corrected chi connectivity index (χ3v) is 4.15. The van der Waals surface area contributed by atoms with E-state index in [9.17, 15) is 0 Å². The van der Waals surface area contributed by atoms with Gasteiger partial charge in [-0.05, 0) is 11.1 Å². The summed E-state index contributed by atoms with van der Waals surface area (Å²) in [5.41, 5.74) is 4.65. The summed E-state index contributed by atoms with van der Waals surface area (Å²) in [5.74, 6) is 0. The SMILES string of the molecule is c1ccc(-c2ccc(-c3cn4ccsc4n3)cc2)cc1. The van der Waals surface area contributed by atoms with Crippen LogP contribution in [0.15, 0.2) is 72.4 Å². The average molecular weight is 276 g/mol. The fourth-order valence-corrected chi connectivity index (χ4v) is 3.03. The van der Waals surface area contributed by atoms with Crippen molar-refractivity contribution in [2.45, 2.75) is 0 Å². The molecule has 0 aliphatic rings. The van der Waals surface area contributed by atoms with Crippen LogP contribution in [-0.2, 0) is 0 Å². The van der Waals surface area contributed by atoms with Crippen molar-refractivity contribution in [1.29, 1.82) is 0 Å². The molecule has 4 rings (SSSR count). The van der Waals surface area contributed by atoms with Gasteiger partial charge in [0, 0.05) is 23.3 Å². The number of aromatic nitrogens is 2. The van der Waals surface area contributed by atoms with Gasteiger partial charge in [0.1, 0.15) is 0 Å². The first kappa shape index (κ1) is 11.4. The highest BCUT2D eigenvalue weighted by Gasteiger charge is 2.05. The molecule has 0 bridgehead atoms. The van der Waals surface area contributed by atoms with Gasteiger partial charge < -0.3 is 0 Å². The van der Waals surface area contributed by atoms with Crippen LogP contribution in [0.25, 0.3) is 27.3 Å². The molecule has 2 aromatic carbocycles. The molecule has 20 heavy (non-hydrogen) atoms. The molecule has 0 saturated heterocycles. The zero-order valence-electron chi connectivity index (χ0n) is 10.7. The number of hydrogen-bond acceptors (Lipinski definition) is 2. The average Bonchev–Trinajstić information content (AvgIpc) is 3.10. The van der Waals surface area contributed by atoms with Crippen molar-refractivity contribution in [2.24, 2.45) is 0 Å². The lowest BCUT2D eigenvalue weighted by Crippen LogP contribution is -1.80. The molecule has 96 valence electrons. The number of hydrogen-bond donors (Lipinski definition) is 0. The monoisotopic (exact) mass is 276 g/mol. The summed E-state index contributed by atoms with van der Waals surface area (Å²) < 4.78 is 2.06. The summed E-state index contributed by atoms with van der Waals surface area (Å²) in [6.07, 6.45) is 4.11. The quantitative estimate of drug-likeness (QED) is 0.517. The Morgan fingerprint density at radius 1 is 0.800 bits per heavy atom. The molecule has 0 aliphatic carbocycles. The largest absolute Gasteiger partial charge is 0.297 e. The summed E-state index contributed by atoms with van der Waals surface area (Å²) >= 11 is 1.65. The standard InChI is InChI=1S/C17H12N2S/c1-2-4-13(5-3-1)14-6-8-15(9-7-14)16-12-19-10-11-20-17(19)18-16/h1-12H. The summed E-state index contributed by atoms with van der Waals surface area (Å²) in [4.78, 5) is 5.66. The molecule has 0 unspecified atom stereocenters. The van der Waals surface area contributed by atoms with Crippen molar-refractivity contribution in [1.82, 2.24) is 9.38 Å².